The van der Waals surface area contributed by atoms with Crippen molar-refractivity contribution in [3.8, 4) is 11.5 Å². The molecule has 9 nitrogen and oxygen atoms in total. The lowest BCUT2D eigenvalue weighted by Crippen LogP contribution is -2.59. The molecule has 2 aromatic carbocycles. The third-order valence-corrected chi connectivity index (χ3v) is 11.0. The van der Waals surface area contributed by atoms with Gasteiger partial charge in [-0.25, -0.2) is 0 Å². The number of rotatable bonds is 12. The smallest absolute Gasteiger partial charge is 0.247 e. The van der Waals surface area contributed by atoms with Crippen molar-refractivity contribution in [2.75, 3.05) is 26.8 Å². The second kappa shape index (κ2) is 14.2. The summed E-state index contributed by atoms with van der Waals surface area (Å²) in [5, 5.41) is 24.0. The Labute approximate surface area is 278 Å². The summed E-state index contributed by atoms with van der Waals surface area (Å²) in [5.41, 5.74) is 1.87. The first kappa shape index (κ1) is 33.4. The van der Waals surface area contributed by atoms with Crippen LogP contribution in [-0.4, -0.2) is 78.3 Å². The van der Waals surface area contributed by atoms with Crippen molar-refractivity contribution >= 4 is 40.7 Å². The molecule has 242 valence electrons. The van der Waals surface area contributed by atoms with Crippen LogP contribution in [0.1, 0.15) is 55.5 Å². The number of ether oxygens (including phenoxy) is 2. The molecule has 0 saturated heterocycles. The predicted molar refractivity (Wildman–Crippen MR) is 178 cm³/mol. The molecule has 4 aliphatic rings. The maximum atomic E-state index is 14.2. The lowest BCUT2D eigenvalue weighted by molar-refractivity contribution is -0.147. The second-order valence-electron chi connectivity index (χ2n) is 13.1. The normalized spacial score (nSPS) is 26.6. The fourth-order valence-electron chi connectivity index (χ4n) is 7.57. The molecule has 3 saturated carbocycles. The lowest BCUT2D eigenvalue weighted by atomic mass is 9.45. The van der Waals surface area contributed by atoms with E-state index in [1.54, 1.807) is 23.1 Å². The lowest BCUT2D eigenvalue weighted by Gasteiger charge is -2.61. The van der Waals surface area contributed by atoms with Crippen LogP contribution in [-0.2, 0) is 16.0 Å². The van der Waals surface area contributed by atoms with Crippen molar-refractivity contribution in [1.82, 2.24) is 10.2 Å². The van der Waals surface area contributed by atoms with Gasteiger partial charge in [-0.3, -0.25) is 14.4 Å². The quantitative estimate of drug-likeness (QED) is 0.221. The summed E-state index contributed by atoms with van der Waals surface area (Å²) in [4.78, 5) is 40.8. The molecule has 0 heterocycles. The van der Waals surface area contributed by atoms with E-state index in [9.17, 15) is 24.6 Å². The third-order valence-electron chi connectivity index (χ3n) is 10.2. The second-order valence-corrected chi connectivity index (χ2v) is 14.2. The Morgan fingerprint density at radius 3 is 2.58 bits per heavy atom. The van der Waals surface area contributed by atoms with Gasteiger partial charge in [0.05, 0.1) is 29.7 Å². The zero-order valence-corrected chi connectivity index (χ0v) is 28.2. The van der Waals surface area contributed by atoms with Gasteiger partial charge in [-0.05, 0) is 88.8 Å². The summed E-state index contributed by atoms with van der Waals surface area (Å²) in [6.45, 7) is 4.99. The average molecular weight is 731 g/mol. The van der Waals surface area contributed by atoms with E-state index < -0.39 is 18.2 Å². The Kier molecular flexibility index (Phi) is 10.6. The van der Waals surface area contributed by atoms with Crippen molar-refractivity contribution in [2.45, 2.75) is 64.2 Å². The Bertz CT molecular complexity index is 1430. The first-order valence-electron chi connectivity index (χ1n) is 15.7. The van der Waals surface area contributed by atoms with Crippen LogP contribution in [0, 0.1) is 26.7 Å². The molecule has 6 atom stereocenters. The van der Waals surface area contributed by atoms with Gasteiger partial charge in [-0.15, -0.1) is 0 Å². The van der Waals surface area contributed by atoms with Gasteiger partial charge in [0.2, 0.25) is 11.8 Å². The highest BCUT2D eigenvalue weighted by Gasteiger charge is 2.55. The molecule has 3 fully saturated rings. The summed E-state index contributed by atoms with van der Waals surface area (Å²) >= 11 is 2.05. The maximum Gasteiger partial charge on any atom is 0.247 e. The number of amides is 2. The van der Waals surface area contributed by atoms with Gasteiger partial charge >= 0.3 is 0 Å². The van der Waals surface area contributed by atoms with Gasteiger partial charge in [0.15, 0.2) is 11.5 Å². The van der Waals surface area contributed by atoms with E-state index in [1.807, 2.05) is 52.9 Å². The molecular formula is C35H43IN2O7. The number of carbonyl (C=O) groups excluding carboxylic acids is 3. The topological polar surface area (TPSA) is 125 Å². The molecule has 0 spiro atoms. The number of halogens is 1. The number of nitrogens with zero attached hydrogens (tertiary/aromatic N) is 1. The SMILES string of the molecule is COc1cc(C=O)cc(I)c1OC1C=C(C(=O)NCCO)CC(N(CC2CCC3CC2C3(C)C)C(=O)Cc2ccccc2)C1O. The minimum absolute atomic E-state index is 0.0739. The first-order valence-corrected chi connectivity index (χ1v) is 16.8. The number of aliphatic hydroxyl groups is 2. The van der Waals surface area contributed by atoms with E-state index in [2.05, 4.69) is 19.2 Å². The van der Waals surface area contributed by atoms with Crippen molar-refractivity contribution in [3.63, 3.8) is 0 Å². The first-order chi connectivity index (χ1) is 21.6. The van der Waals surface area contributed by atoms with Gasteiger partial charge in [0.1, 0.15) is 18.5 Å². The number of aliphatic hydroxyl groups excluding tert-OH is 2. The molecule has 6 unspecified atom stereocenters. The molecule has 0 aliphatic heterocycles. The minimum atomic E-state index is -1.16. The number of benzene rings is 2. The van der Waals surface area contributed by atoms with Crippen LogP contribution in [0.15, 0.2) is 54.1 Å². The molecule has 2 amide bonds. The summed E-state index contributed by atoms with van der Waals surface area (Å²) in [5.74, 6) is 1.63. The van der Waals surface area contributed by atoms with Gasteiger partial charge in [-0.1, -0.05) is 44.2 Å². The molecule has 4 aliphatic carbocycles. The highest BCUT2D eigenvalue weighted by molar-refractivity contribution is 14.1. The number of nitrogens with one attached hydrogen (secondary N) is 1. The summed E-state index contributed by atoms with van der Waals surface area (Å²) < 4.78 is 12.5. The average Bonchev–Trinajstić information content (AvgIpc) is 3.04. The Morgan fingerprint density at radius 2 is 1.93 bits per heavy atom. The van der Waals surface area contributed by atoms with E-state index in [4.69, 9.17) is 9.47 Å². The van der Waals surface area contributed by atoms with Gasteiger partial charge in [0.25, 0.3) is 0 Å². The fraction of sp³-hybridized carbons (Fsp3) is 0.514. The Hall–Kier alpha value is -2.96. The minimum Gasteiger partial charge on any atom is -0.493 e. The van der Waals surface area contributed by atoms with Crippen molar-refractivity contribution in [3.05, 3.63) is 68.8 Å². The molecule has 2 bridgehead atoms. The van der Waals surface area contributed by atoms with Gasteiger partial charge in [-0.2, -0.15) is 0 Å². The Morgan fingerprint density at radius 1 is 1.18 bits per heavy atom. The molecule has 45 heavy (non-hydrogen) atoms. The molecule has 10 heteroatoms. The zero-order chi connectivity index (χ0) is 32.3. The summed E-state index contributed by atoms with van der Waals surface area (Å²) in [7, 11) is 1.47. The largest absolute Gasteiger partial charge is 0.493 e. The molecule has 0 aromatic heterocycles. The highest BCUT2D eigenvalue weighted by atomic mass is 127. The van der Waals surface area contributed by atoms with Crippen LogP contribution in [0.4, 0.5) is 0 Å². The fourth-order valence-corrected chi connectivity index (χ4v) is 8.32. The number of hydrogen-bond acceptors (Lipinski definition) is 7. The molecule has 3 N–H and O–H groups in total. The van der Waals surface area contributed by atoms with E-state index in [-0.39, 0.29) is 49.1 Å². The summed E-state index contributed by atoms with van der Waals surface area (Å²) in [6.07, 6.45) is 3.78. The van der Waals surface area contributed by atoms with Crippen LogP contribution < -0.4 is 14.8 Å². The standard InChI is InChI=1S/C35H43IN2O7/c1-35(2)25-10-9-23(26(35)18-25)19-38(31(41)15-21-7-5-4-6-8-21)28-16-24(34(43)37-11-12-39)17-29(32(28)42)45-33-27(36)13-22(20-40)14-30(33)44-3/h4-8,13-14,17,20,23,25-26,28-29,32,39,42H,9-12,15-16,18-19H2,1-3H3,(H,37,43). The van der Waals surface area contributed by atoms with Crippen molar-refractivity contribution in [1.29, 1.82) is 0 Å². The Balaban J connectivity index is 1.50. The van der Waals surface area contributed by atoms with E-state index in [1.165, 1.54) is 7.11 Å². The van der Waals surface area contributed by atoms with Crippen LogP contribution in [0.25, 0.3) is 0 Å². The highest BCUT2D eigenvalue weighted by Crippen LogP contribution is 2.61. The zero-order valence-electron chi connectivity index (χ0n) is 26.1. The summed E-state index contributed by atoms with van der Waals surface area (Å²) in [6, 6.07) is 12.0. The predicted octanol–water partition coefficient (Wildman–Crippen LogP) is 4.17. The molecule has 2 aromatic rings. The molecule has 6 rings (SSSR count). The molecular weight excluding hydrogens is 687 g/mol. The van der Waals surface area contributed by atoms with Gasteiger partial charge in [0, 0.05) is 30.6 Å². The number of carbonyl (C=O) groups is 3. The van der Waals surface area contributed by atoms with Crippen LogP contribution in [0.3, 0.4) is 0 Å². The van der Waals surface area contributed by atoms with Gasteiger partial charge < -0.3 is 29.9 Å². The van der Waals surface area contributed by atoms with E-state index in [0.29, 0.717) is 44.6 Å². The van der Waals surface area contributed by atoms with Crippen LogP contribution in [0.2, 0.25) is 0 Å². The van der Waals surface area contributed by atoms with Crippen LogP contribution in [0.5, 0.6) is 11.5 Å². The number of methoxy groups -OCH3 is 1. The number of hydrogen-bond donors (Lipinski definition) is 3. The maximum absolute atomic E-state index is 14.2. The molecule has 0 radical (unpaired) electrons. The van der Waals surface area contributed by atoms with Crippen LogP contribution >= 0.6 is 22.6 Å². The van der Waals surface area contributed by atoms with Crippen molar-refractivity contribution in [2.24, 2.45) is 23.2 Å². The van der Waals surface area contributed by atoms with E-state index in [0.717, 1.165) is 31.1 Å². The third kappa shape index (κ3) is 7.07. The monoisotopic (exact) mass is 730 g/mol. The number of fused-ring (bicyclic) bond motifs is 2. The van der Waals surface area contributed by atoms with E-state index >= 15 is 0 Å². The van der Waals surface area contributed by atoms with Crippen molar-refractivity contribution < 1.29 is 34.1 Å². The number of aldehydes is 1.